The van der Waals surface area contributed by atoms with Crippen molar-refractivity contribution in [3.8, 4) is 11.5 Å². The van der Waals surface area contributed by atoms with Gasteiger partial charge in [-0.05, 0) is 36.1 Å². The van der Waals surface area contributed by atoms with Crippen molar-refractivity contribution in [2.75, 3.05) is 6.79 Å². The number of aliphatic hydroxyl groups excluding tert-OH is 1. The van der Waals surface area contributed by atoms with E-state index in [2.05, 4.69) is 4.98 Å². The molecule has 29 heavy (non-hydrogen) atoms. The first-order chi connectivity index (χ1) is 14.1. The number of aliphatic hydroxyl groups is 1. The van der Waals surface area contributed by atoms with Gasteiger partial charge in [-0.2, -0.15) is 0 Å². The molecule has 0 bridgehead atoms. The average molecular weight is 407 g/mol. The number of benzene rings is 2. The van der Waals surface area contributed by atoms with Crippen LogP contribution in [-0.4, -0.2) is 22.7 Å². The summed E-state index contributed by atoms with van der Waals surface area (Å²) >= 11 is 1.42. The van der Waals surface area contributed by atoms with E-state index in [4.69, 9.17) is 9.47 Å². The molecular weight excluding hydrogens is 386 g/mol. The molecule has 1 aromatic heterocycles. The summed E-state index contributed by atoms with van der Waals surface area (Å²) in [5.74, 6) is 1.62. The van der Waals surface area contributed by atoms with E-state index in [-0.39, 0.29) is 19.0 Å². The Morgan fingerprint density at radius 1 is 1.14 bits per heavy atom. The van der Waals surface area contributed by atoms with E-state index in [9.17, 15) is 9.90 Å². The standard InChI is InChI=1S/C23H21NO4S/c25-17(10-15-4-2-1-3-5-15)20-13-24-22(29-20)12-21(26)23(8-9-23)16-6-7-18-19(11-16)28-14-27-18/h1-7,11,13,17,25H,8-10,12,14H2. The Hall–Kier alpha value is -2.70. The number of carbonyl (C=O) groups is 1. The molecular formula is C23H21NO4S. The van der Waals surface area contributed by atoms with Gasteiger partial charge in [0.2, 0.25) is 6.79 Å². The van der Waals surface area contributed by atoms with Crippen LogP contribution in [0.3, 0.4) is 0 Å². The number of nitrogens with zero attached hydrogens (tertiary/aromatic N) is 1. The van der Waals surface area contributed by atoms with Crippen LogP contribution in [0.15, 0.2) is 54.7 Å². The molecule has 1 atom stereocenters. The second-order valence-electron chi connectivity index (χ2n) is 7.61. The summed E-state index contributed by atoms with van der Waals surface area (Å²) in [7, 11) is 0. The van der Waals surface area contributed by atoms with Gasteiger partial charge in [0, 0.05) is 12.6 Å². The van der Waals surface area contributed by atoms with Gasteiger partial charge in [-0.1, -0.05) is 36.4 Å². The minimum absolute atomic E-state index is 0.176. The highest BCUT2D eigenvalue weighted by Crippen LogP contribution is 2.51. The number of hydrogen-bond acceptors (Lipinski definition) is 6. The van der Waals surface area contributed by atoms with Gasteiger partial charge in [-0.3, -0.25) is 4.79 Å². The minimum atomic E-state index is -0.609. The molecule has 6 heteroatoms. The van der Waals surface area contributed by atoms with E-state index in [1.165, 1.54) is 11.3 Å². The Balaban J connectivity index is 1.28. The van der Waals surface area contributed by atoms with Crippen LogP contribution in [0.5, 0.6) is 11.5 Å². The van der Waals surface area contributed by atoms with E-state index >= 15 is 0 Å². The molecule has 1 unspecified atom stereocenters. The van der Waals surface area contributed by atoms with Crippen LogP contribution < -0.4 is 9.47 Å². The van der Waals surface area contributed by atoms with Gasteiger partial charge >= 0.3 is 0 Å². The van der Waals surface area contributed by atoms with Gasteiger partial charge in [0.05, 0.1) is 22.8 Å². The zero-order chi connectivity index (χ0) is 19.8. The molecule has 0 saturated heterocycles. The van der Waals surface area contributed by atoms with Crippen LogP contribution in [0.2, 0.25) is 0 Å². The predicted molar refractivity (Wildman–Crippen MR) is 109 cm³/mol. The largest absolute Gasteiger partial charge is 0.454 e. The van der Waals surface area contributed by atoms with Crippen molar-refractivity contribution in [1.29, 1.82) is 0 Å². The fourth-order valence-corrected chi connectivity index (χ4v) is 4.76. The first-order valence-corrected chi connectivity index (χ1v) is 10.6. The highest BCUT2D eigenvalue weighted by molar-refractivity contribution is 7.11. The molecule has 1 N–H and O–H groups in total. The van der Waals surface area contributed by atoms with Crippen molar-refractivity contribution in [3.05, 3.63) is 75.7 Å². The van der Waals surface area contributed by atoms with Gasteiger partial charge in [0.15, 0.2) is 11.5 Å². The van der Waals surface area contributed by atoms with E-state index in [1.807, 2.05) is 48.5 Å². The van der Waals surface area contributed by atoms with E-state index in [0.29, 0.717) is 12.2 Å². The number of carbonyl (C=O) groups excluding carboxylic acids is 1. The van der Waals surface area contributed by atoms with Crippen molar-refractivity contribution in [2.45, 2.75) is 37.2 Å². The summed E-state index contributed by atoms with van der Waals surface area (Å²) in [6.07, 6.45) is 3.61. The molecule has 5 rings (SSSR count). The lowest BCUT2D eigenvalue weighted by molar-refractivity contribution is -0.120. The number of Topliss-reactive ketones (excluding diaryl/α,β-unsaturated/α-hetero) is 1. The van der Waals surface area contributed by atoms with Crippen LogP contribution in [0.1, 0.15) is 40.0 Å². The summed E-state index contributed by atoms with van der Waals surface area (Å²) < 4.78 is 10.8. The normalized spacial score (nSPS) is 17.1. The smallest absolute Gasteiger partial charge is 0.231 e. The van der Waals surface area contributed by atoms with Gasteiger partial charge in [0.25, 0.3) is 0 Å². The zero-order valence-corrected chi connectivity index (χ0v) is 16.7. The lowest BCUT2D eigenvalue weighted by atomic mass is 9.89. The molecule has 3 aromatic rings. The van der Waals surface area contributed by atoms with Crippen molar-refractivity contribution < 1.29 is 19.4 Å². The molecule has 2 aromatic carbocycles. The lowest BCUT2D eigenvalue weighted by Crippen LogP contribution is -2.22. The van der Waals surface area contributed by atoms with Gasteiger partial charge in [-0.15, -0.1) is 11.3 Å². The molecule has 2 aliphatic rings. The fraction of sp³-hybridized carbons (Fsp3) is 0.304. The number of rotatable bonds is 7. The van der Waals surface area contributed by atoms with E-state index in [1.54, 1.807) is 6.20 Å². The van der Waals surface area contributed by atoms with Crippen molar-refractivity contribution >= 4 is 17.1 Å². The second kappa shape index (κ2) is 7.28. The maximum Gasteiger partial charge on any atom is 0.231 e. The summed E-state index contributed by atoms with van der Waals surface area (Å²) in [4.78, 5) is 18.3. The molecule has 1 fully saturated rings. The number of fused-ring (bicyclic) bond motifs is 1. The number of aromatic nitrogens is 1. The van der Waals surface area contributed by atoms with E-state index in [0.717, 1.165) is 39.6 Å². The summed E-state index contributed by atoms with van der Waals surface area (Å²) in [5, 5.41) is 11.3. The van der Waals surface area contributed by atoms with E-state index < -0.39 is 11.5 Å². The Kier molecular flexibility index (Phi) is 4.60. The fourth-order valence-electron chi connectivity index (χ4n) is 3.85. The third-order valence-electron chi connectivity index (χ3n) is 5.69. The topological polar surface area (TPSA) is 68.7 Å². The van der Waals surface area contributed by atoms with Crippen molar-refractivity contribution in [1.82, 2.24) is 4.98 Å². The maximum absolute atomic E-state index is 13.1. The predicted octanol–water partition coefficient (Wildman–Crippen LogP) is 3.99. The molecule has 0 radical (unpaired) electrons. The monoisotopic (exact) mass is 407 g/mol. The summed E-state index contributed by atoms with van der Waals surface area (Å²) in [5.41, 5.74) is 1.63. The second-order valence-corrected chi connectivity index (χ2v) is 8.76. The first kappa shape index (κ1) is 18.3. The molecule has 1 aliphatic heterocycles. The molecule has 1 aliphatic carbocycles. The zero-order valence-electron chi connectivity index (χ0n) is 15.8. The van der Waals surface area contributed by atoms with Crippen LogP contribution in [0, 0.1) is 0 Å². The number of thiazole rings is 1. The van der Waals surface area contributed by atoms with Crippen molar-refractivity contribution in [3.63, 3.8) is 0 Å². The molecule has 2 heterocycles. The maximum atomic E-state index is 13.1. The van der Waals surface area contributed by atoms with Crippen LogP contribution in [-0.2, 0) is 23.1 Å². The SMILES string of the molecule is O=C(Cc1ncc(C(O)Cc2ccccc2)s1)C1(c2ccc3c(c2)OCO3)CC1. The Morgan fingerprint density at radius 3 is 2.72 bits per heavy atom. The Bertz CT molecular complexity index is 1040. The Labute approximate surface area is 172 Å². The highest BCUT2D eigenvalue weighted by atomic mass is 32.1. The minimum Gasteiger partial charge on any atom is -0.454 e. The van der Waals surface area contributed by atoms with Gasteiger partial charge in [0.1, 0.15) is 10.8 Å². The van der Waals surface area contributed by atoms with Gasteiger partial charge < -0.3 is 14.6 Å². The third-order valence-corrected chi connectivity index (χ3v) is 6.79. The molecule has 5 nitrogen and oxygen atoms in total. The lowest BCUT2D eigenvalue weighted by Gasteiger charge is -2.14. The van der Waals surface area contributed by atoms with Crippen LogP contribution in [0.4, 0.5) is 0 Å². The molecule has 0 spiro atoms. The van der Waals surface area contributed by atoms with Crippen LogP contribution in [0.25, 0.3) is 0 Å². The molecule has 0 amide bonds. The molecule has 1 saturated carbocycles. The summed E-state index contributed by atoms with van der Waals surface area (Å²) in [6, 6.07) is 15.7. The van der Waals surface area contributed by atoms with Gasteiger partial charge in [-0.25, -0.2) is 4.98 Å². The van der Waals surface area contributed by atoms with Crippen LogP contribution >= 0.6 is 11.3 Å². The van der Waals surface area contributed by atoms with Crippen molar-refractivity contribution in [2.24, 2.45) is 0 Å². The highest BCUT2D eigenvalue weighted by Gasteiger charge is 2.51. The molecule has 148 valence electrons. The third kappa shape index (κ3) is 3.54. The quantitative estimate of drug-likeness (QED) is 0.641. The Morgan fingerprint density at radius 2 is 1.93 bits per heavy atom. The number of ketones is 1. The summed E-state index contributed by atoms with van der Waals surface area (Å²) in [6.45, 7) is 0.229. The number of hydrogen-bond donors (Lipinski definition) is 1. The first-order valence-electron chi connectivity index (χ1n) is 9.74. The number of ether oxygens (including phenoxy) is 2. The average Bonchev–Trinajstić information content (AvgIpc) is 3.19.